The Hall–Kier alpha value is -2.14. The lowest BCUT2D eigenvalue weighted by molar-refractivity contribution is -0.139. The molecule has 2 rings (SSSR count). The minimum atomic E-state index is -0.841. The molecule has 0 saturated carbocycles. The van der Waals surface area contributed by atoms with Crippen LogP contribution in [0.15, 0.2) is 36.5 Å². The molecule has 5 nitrogen and oxygen atoms in total. The zero-order chi connectivity index (χ0) is 15.1. The highest BCUT2D eigenvalue weighted by Crippen LogP contribution is 2.18. The number of carboxylic acids is 1. The number of hydrogen-bond acceptors (Lipinski definition) is 4. The number of ether oxygens (including phenoxy) is 1. The second-order valence-electron chi connectivity index (χ2n) is 4.84. The van der Waals surface area contributed by atoms with Crippen molar-refractivity contribution in [3.63, 3.8) is 0 Å². The lowest BCUT2D eigenvalue weighted by atomic mass is 10.2. The van der Waals surface area contributed by atoms with E-state index in [1.807, 2.05) is 37.3 Å². The zero-order valence-corrected chi connectivity index (χ0v) is 12.1. The van der Waals surface area contributed by atoms with Gasteiger partial charge in [-0.1, -0.05) is 13.0 Å². The summed E-state index contributed by atoms with van der Waals surface area (Å²) < 4.78 is 5.63. The van der Waals surface area contributed by atoms with Gasteiger partial charge in [0, 0.05) is 24.1 Å². The Morgan fingerprint density at radius 2 is 2.29 bits per heavy atom. The average Bonchev–Trinajstić information content (AvgIpc) is 2.50. The van der Waals surface area contributed by atoms with Gasteiger partial charge in [-0.15, -0.1) is 0 Å². The van der Waals surface area contributed by atoms with Crippen molar-refractivity contribution >= 4 is 16.9 Å². The highest BCUT2D eigenvalue weighted by Gasteiger charge is 2.15. The monoisotopic (exact) mass is 288 g/mol. The quantitative estimate of drug-likeness (QED) is 0.780. The van der Waals surface area contributed by atoms with E-state index in [9.17, 15) is 4.79 Å². The third-order valence-electron chi connectivity index (χ3n) is 3.19. The summed E-state index contributed by atoms with van der Waals surface area (Å²) in [7, 11) is 0. The van der Waals surface area contributed by atoms with Crippen LogP contribution in [0.25, 0.3) is 10.9 Å². The van der Waals surface area contributed by atoms with Crippen LogP contribution in [-0.4, -0.2) is 35.3 Å². The third-order valence-corrected chi connectivity index (χ3v) is 3.19. The number of nitrogens with zero attached hydrogens (tertiary/aromatic N) is 1. The van der Waals surface area contributed by atoms with Crippen molar-refractivity contribution in [1.29, 1.82) is 0 Å². The summed E-state index contributed by atoms with van der Waals surface area (Å²) >= 11 is 0. The van der Waals surface area contributed by atoms with Gasteiger partial charge in [0.25, 0.3) is 0 Å². The Morgan fingerprint density at radius 1 is 1.43 bits per heavy atom. The van der Waals surface area contributed by atoms with E-state index in [-0.39, 0.29) is 0 Å². The molecular weight excluding hydrogens is 268 g/mol. The van der Waals surface area contributed by atoms with Crippen molar-refractivity contribution in [2.45, 2.75) is 25.8 Å². The summed E-state index contributed by atoms with van der Waals surface area (Å²) in [6, 6.07) is 9.00. The van der Waals surface area contributed by atoms with E-state index in [1.165, 1.54) is 0 Å². The van der Waals surface area contributed by atoms with Gasteiger partial charge in [0.05, 0.1) is 12.1 Å². The number of pyridine rings is 1. The van der Waals surface area contributed by atoms with Gasteiger partial charge in [-0.05, 0) is 31.2 Å². The maximum Gasteiger partial charge on any atom is 0.320 e. The van der Waals surface area contributed by atoms with Gasteiger partial charge in [-0.3, -0.25) is 9.78 Å². The number of fused-ring (bicyclic) bond motifs is 1. The van der Waals surface area contributed by atoms with E-state index in [4.69, 9.17) is 9.84 Å². The van der Waals surface area contributed by atoms with Crippen molar-refractivity contribution in [3.8, 4) is 5.75 Å². The van der Waals surface area contributed by atoms with E-state index in [0.29, 0.717) is 25.3 Å². The van der Waals surface area contributed by atoms with Gasteiger partial charge in [-0.25, -0.2) is 0 Å². The molecule has 112 valence electrons. The zero-order valence-electron chi connectivity index (χ0n) is 12.1. The number of benzene rings is 1. The van der Waals surface area contributed by atoms with Crippen molar-refractivity contribution in [2.75, 3.05) is 13.2 Å². The van der Waals surface area contributed by atoms with E-state index in [2.05, 4.69) is 10.3 Å². The fourth-order valence-corrected chi connectivity index (χ4v) is 2.06. The Kier molecular flexibility index (Phi) is 5.51. The minimum Gasteiger partial charge on any atom is -0.493 e. The largest absolute Gasteiger partial charge is 0.493 e. The van der Waals surface area contributed by atoms with Crippen LogP contribution >= 0.6 is 0 Å². The molecule has 5 heteroatoms. The molecule has 0 amide bonds. The first-order valence-electron chi connectivity index (χ1n) is 7.14. The van der Waals surface area contributed by atoms with E-state index in [1.54, 1.807) is 6.20 Å². The summed E-state index contributed by atoms with van der Waals surface area (Å²) in [4.78, 5) is 15.4. The minimum absolute atomic E-state index is 0.353. The van der Waals surface area contributed by atoms with Gasteiger partial charge in [-0.2, -0.15) is 0 Å². The average molecular weight is 288 g/mol. The molecular formula is C16H20N2O3. The molecule has 0 spiro atoms. The topological polar surface area (TPSA) is 71.5 Å². The predicted octanol–water partition coefficient (Wildman–Crippen LogP) is 2.46. The lowest BCUT2D eigenvalue weighted by Crippen LogP contribution is -2.38. The van der Waals surface area contributed by atoms with Crippen LogP contribution in [0.5, 0.6) is 5.75 Å². The van der Waals surface area contributed by atoms with Crippen LogP contribution in [0.4, 0.5) is 0 Å². The molecule has 0 saturated heterocycles. The molecule has 0 radical (unpaired) electrons. The molecule has 1 atom stereocenters. The van der Waals surface area contributed by atoms with Crippen LogP contribution in [0, 0.1) is 0 Å². The molecule has 0 aliphatic rings. The summed E-state index contributed by atoms with van der Waals surface area (Å²) in [6.45, 7) is 3.05. The number of hydrogen-bond donors (Lipinski definition) is 2. The van der Waals surface area contributed by atoms with Crippen LogP contribution < -0.4 is 10.1 Å². The fourth-order valence-electron chi connectivity index (χ4n) is 2.06. The lowest BCUT2D eigenvalue weighted by Gasteiger charge is -2.14. The van der Waals surface area contributed by atoms with Gasteiger partial charge >= 0.3 is 5.97 Å². The van der Waals surface area contributed by atoms with Crippen LogP contribution in [0.3, 0.4) is 0 Å². The van der Waals surface area contributed by atoms with Gasteiger partial charge in [0.2, 0.25) is 0 Å². The van der Waals surface area contributed by atoms with E-state index >= 15 is 0 Å². The van der Waals surface area contributed by atoms with E-state index < -0.39 is 12.0 Å². The standard InChI is InChI=1S/C16H20N2O3/c1-2-8-17-14(16(19)20)7-10-21-13-6-5-12-4-3-9-18-15(12)11-13/h3-6,9,11,14,17H,2,7-8,10H2,1H3,(H,19,20). The maximum atomic E-state index is 11.1. The first kappa shape index (κ1) is 15.3. The summed E-state index contributed by atoms with van der Waals surface area (Å²) in [5, 5.41) is 13.2. The van der Waals surface area contributed by atoms with Crippen molar-refractivity contribution in [1.82, 2.24) is 10.3 Å². The highest BCUT2D eigenvalue weighted by atomic mass is 16.5. The van der Waals surface area contributed by atoms with E-state index in [0.717, 1.165) is 17.3 Å². The maximum absolute atomic E-state index is 11.1. The summed E-state index contributed by atoms with van der Waals surface area (Å²) in [6.07, 6.45) is 3.07. The fraction of sp³-hybridized carbons (Fsp3) is 0.375. The van der Waals surface area contributed by atoms with Crippen molar-refractivity contribution in [2.24, 2.45) is 0 Å². The van der Waals surface area contributed by atoms with Gasteiger partial charge in [0.1, 0.15) is 11.8 Å². The van der Waals surface area contributed by atoms with Crippen LogP contribution in [-0.2, 0) is 4.79 Å². The first-order chi connectivity index (χ1) is 10.2. The van der Waals surface area contributed by atoms with Crippen molar-refractivity contribution in [3.05, 3.63) is 36.5 Å². The number of rotatable bonds is 8. The number of carbonyl (C=O) groups is 1. The second kappa shape index (κ2) is 7.59. The van der Waals surface area contributed by atoms with Gasteiger partial charge in [0.15, 0.2) is 0 Å². The molecule has 0 aliphatic heterocycles. The second-order valence-corrected chi connectivity index (χ2v) is 4.84. The predicted molar refractivity (Wildman–Crippen MR) is 81.6 cm³/mol. The molecule has 1 unspecified atom stereocenters. The number of aliphatic carboxylic acids is 1. The molecule has 21 heavy (non-hydrogen) atoms. The summed E-state index contributed by atoms with van der Waals surface area (Å²) in [5.41, 5.74) is 0.869. The van der Waals surface area contributed by atoms with Crippen LogP contribution in [0.1, 0.15) is 19.8 Å². The number of aromatic nitrogens is 1. The Morgan fingerprint density at radius 3 is 3.05 bits per heavy atom. The molecule has 1 aromatic heterocycles. The van der Waals surface area contributed by atoms with Crippen LogP contribution in [0.2, 0.25) is 0 Å². The Balaban J connectivity index is 1.90. The van der Waals surface area contributed by atoms with Crippen molar-refractivity contribution < 1.29 is 14.6 Å². The van der Waals surface area contributed by atoms with Gasteiger partial charge < -0.3 is 15.2 Å². The SMILES string of the molecule is CCCNC(CCOc1ccc2cccnc2c1)C(=O)O. The molecule has 0 aliphatic carbocycles. The number of nitrogens with one attached hydrogen (secondary N) is 1. The molecule has 0 bridgehead atoms. The molecule has 2 N–H and O–H groups in total. The third kappa shape index (κ3) is 4.43. The first-order valence-corrected chi connectivity index (χ1v) is 7.14. The Labute approximate surface area is 124 Å². The smallest absolute Gasteiger partial charge is 0.320 e. The molecule has 1 heterocycles. The molecule has 0 fully saturated rings. The highest BCUT2D eigenvalue weighted by molar-refractivity contribution is 5.79. The normalized spacial score (nSPS) is 12.2. The Bertz CT molecular complexity index is 601. The number of carboxylic acid groups (broad SMARTS) is 1. The molecule has 1 aromatic carbocycles. The summed E-state index contributed by atoms with van der Waals surface area (Å²) in [5.74, 6) is -0.131. The molecule has 2 aromatic rings.